The van der Waals surface area contributed by atoms with Crippen LogP contribution < -0.4 is 5.32 Å². The van der Waals surface area contributed by atoms with E-state index >= 15 is 0 Å². The first-order chi connectivity index (χ1) is 9.90. The van der Waals surface area contributed by atoms with E-state index in [2.05, 4.69) is 21.8 Å². The first kappa shape index (κ1) is 15.8. The Hall–Kier alpha value is -1.56. The van der Waals surface area contributed by atoms with Gasteiger partial charge >= 0.3 is 6.18 Å². The maximum absolute atomic E-state index is 12.3. The van der Waals surface area contributed by atoms with Crippen molar-refractivity contribution in [3.63, 3.8) is 0 Å². The van der Waals surface area contributed by atoms with Gasteiger partial charge in [0.15, 0.2) is 0 Å². The molecule has 1 atom stereocenters. The van der Waals surface area contributed by atoms with Gasteiger partial charge in [0, 0.05) is 12.6 Å². The van der Waals surface area contributed by atoms with E-state index in [4.69, 9.17) is 0 Å². The van der Waals surface area contributed by atoms with E-state index in [0.717, 1.165) is 29.8 Å². The average molecular weight is 299 g/mol. The smallest absolute Gasteiger partial charge is 0.327 e. The summed E-state index contributed by atoms with van der Waals surface area (Å²) in [5, 5.41) is 2.91. The fourth-order valence-corrected chi connectivity index (χ4v) is 2.42. The van der Waals surface area contributed by atoms with E-state index in [9.17, 15) is 13.2 Å². The lowest BCUT2D eigenvalue weighted by molar-refractivity contribution is -0.139. The number of nitrogens with zero attached hydrogens (tertiary/aromatic N) is 2. The molecule has 0 aliphatic rings. The highest BCUT2D eigenvalue weighted by Gasteiger charge is 2.29. The molecular formula is C15H20F3N3. The van der Waals surface area contributed by atoms with Crippen molar-refractivity contribution in [3.8, 4) is 0 Å². The molecule has 0 saturated carbocycles. The summed E-state index contributed by atoms with van der Waals surface area (Å²) in [6.45, 7) is 4.76. The van der Waals surface area contributed by atoms with Gasteiger partial charge in [-0.05, 0) is 25.5 Å². The topological polar surface area (TPSA) is 29.9 Å². The minimum Gasteiger partial charge on any atom is -0.327 e. The summed E-state index contributed by atoms with van der Waals surface area (Å²) in [7, 11) is 0. The van der Waals surface area contributed by atoms with Gasteiger partial charge in [-0.2, -0.15) is 13.2 Å². The Kier molecular flexibility index (Phi) is 4.88. The lowest BCUT2D eigenvalue weighted by Crippen LogP contribution is -2.31. The number of alkyl halides is 3. The fourth-order valence-electron chi connectivity index (χ4n) is 2.42. The number of fused-ring (bicyclic) bond motifs is 1. The molecule has 1 aromatic carbocycles. The van der Waals surface area contributed by atoms with Crippen molar-refractivity contribution in [1.29, 1.82) is 0 Å². The average Bonchev–Trinajstić information content (AvgIpc) is 2.73. The molecule has 1 unspecified atom stereocenters. The summed E-state index contributed by atoms with van der Waals surface area (Å²) < 4.78 is 39.1. The summed E-state index contributed by atoms with van der Waals surface area (Å²) in [6.07, 6.45) is -4.03. The molecule has 0 fully saturated rings. The molecule has 0 radical (unpaired) electrons. The highest BCUT2D eigenvalue weighted by Crippen LogP contribution is 2.22. The SMILES string of the molecule is CCCn1c(CNC(C)CC(F)(F)F)nc2ccccc21. The summed E-state index contributed by atoms with van der Waals surface area (Å²) in [4.78, 5) is 4.52. The number of aromatic nitrogens is 2. The highest BCUT2D eigenvalue weighted by molar-refractivity contribution is 5.75. The van der Waals surface area contributed by atoms with Gasteiger partial charge in [0.2, 0.25) is 0 Å². The standard InChI is InChI=1S/C15H20F3N3/c1-3-8-21-13-7-5-4-6-12(13)20-14(21)10-19-11(2)9-15(16,17)18/h4-7,11,19H,3,8-10H2,1-2H3. The molecule has 0 spiro atoms. The van der Waals surface area contributed by atoms with Crippen LogP contribution in [0.3, 0.4) is 0 Å². The lowest BCUT2D eigenvalue weighted by Gasteiger charge is -2.16. The Morgan fingerprint density at radius 2 is 2.00 bits per heavy atom. The van der Waals surface area contributed by atoms with Crippen LogP contribution in [-0.2, 0) is 13.1 Å². The summed E-state index contributed by atoms with van der Waals surface area (Å²) in [5.74, 6) is 0.784. The number of imidazole rings is 1. The van der Waals surface area contributed by atoms with Crippen LogP contribution in [0.2, 0.25) is 0 Å². The molecule has 0 aliphatic heterocycles. The zero-order chi connectivity index (χ0) is 15.5. The second-order valence-corrected chi connectivity index (χ2v) is 5.27. The second kappa shape index (κ2) is 6.47. The molecule has 0 bridgehead atoms. The van der Waals surface area contributed by atoms with Crippen LogP contribution >= 0.6 is 0 Å². The van der Waals surface area contributed by atoms with Crippen molar-refractivity contribution < 1.29 is 13.2 Å². The van der Waals surface area contributed by atoms with Gasteiger partial charge in [0.25, 0.3) is 0 Å². The number of hydrogen-bond donors (Lipinski definition) is 1. The quantitative estimate of drug-likeness (QED) is 0.877. The van der Waals surface area contributed by atoms with Crippen LogP contribution in [0.5, 0.6) is 0 Å². The fraction of sp³-hybridized carbons (Fsp3) is 0.533. The number of halogens is 3. The summed E-state index contributed by atoms with van der Waals surface area (Å²) in [6, 6.07) is 7.14. The molecule has 0 amide bonds. The molecule has 116 valence electrons. The second-order valence-electron chi connectivity index (χ2n) is 5.27. The number of hydrogen-bond acceptors (Lipinski definition) is 2. The van der Waals surface area contributed by atoms with Crippen LogP contribution in [0.1, 0.15) is 32.5 Å². The Bertz CT molecular complexity index is 589. The molecule has 2 aromatic rings. The van der Waals surface area contributed by atoms with Gasteiger partial charge in [0.1, 0.15) is 5.82 Å². The minimum absolute atomic E-state index is 0.339. The van der Waals surface area contributed by atoms with Crippen molar-refractivity contribution in [1.82, 2.24) is 14.9 Å². The molecule has 0 saturated heterocycles. The van der Waals surface area contributed by atoms with Gasteiger partial charge < -0.3 is 9.88 Å². The number of rotatable bonds is 6. The monoisotopic (exact) mass is 299 g/mol. The van der Waals surface area contributed by atoms with E-state index in [1.54, 1.807) is 6.92 Å². The minimum atomic E-state index is -4.14. The highest BCUT2D eigenvalue weighted by atomic mass is 19.4. The third kappa shape index (κ3) is 4.20. The molecule has 1 heterocycles. The Balaban J connectivity index is 2.12. The third-order valence-corrected chi connectivity index (χ3v) is 3.33. The largest absolute Gasteiger partial charge is 0.390 e. The van der Waals surface area contributed by atoms with Gasteiger partial charge in [-0.3, -0.25) is 0 Å². The molecule has 1 aromatic heterocycles. The first-order valence-electron chi connectivity index (χ1n) is 7.15. The third-order valence-electron chi connectivity index (χ3n) is 3.33. The van der Waals surface area contributed by atoms with E-state index in [1.807, 2.05) is 24.3 Å². The van der Waals surface area contributed by atoms with Crippen LogP contribution in [0, 0.1) is 0 Å². The van der Waals surface area contributed by atoms with E-state index in [0.29, 0.717) is 6.54 Å². The Morgan fingerprint density at radius 1 is 1.29 bits per heavy atom. The predicted molar refractivity (Wildman–Crippen MR) is 77.0 cm³/mol. The molecule has 6 heteroatoms. The zero-order valence-electron chi connectivity index (χ0n) is 12.2. The number of para-hydroxylation sites is 2. The number of benzene rings is 1. The predicted octanol–water partition coefficient (Wildman–Crippen LogP) is 3.88. The Labute approximate surface area is 122 Å². The van der Waals surface area contributed by atoms with Crippen molar-refractivity contribution in [2.24, 2.45) is 0 Å². The molecule has 21 heavy (non-hydrogen) atoms. The first-order valence-corrected chi connectivity index (χ1v) is 7.15. The van der Waals surface area contributed by atoms with E-state index < -0.39 is 18.6 Å². The van der Waals surface area contributed by atoms with Crippen molar-refractivity contribution in [2.45, 2.75) is 52.0 Å². The van der Waals surface area contributed by atoms with E-state index in [-0.39, 0.29) is 0 Å². The summed E-state index contributed by atoms with van der Waals surface area (Å²) >= 11 is 0. The summed E-state index contributed by atoms with van der Waals surface area (Å²) in [5.41, 5.74) is 1.91. The lowest BCUT2D eigenvalue weighted by atomic mass is 10.2. The van der Waals surface area contributed by atoms with Gasteiger partial charge in [0.05, 0.1) is 24.0 Å². The van der Waals surface area contributed by atoms with Gasteiger partial charge in [-0.25, -0.2) is 4.98 Å². The molecular weight excluding hydrogens is 279 g/mol. The van der Waals surface area contributed by atoms with Crippen LogP contribution in [-0.4, -0.2) is 21.8 Å². The molecule has 1 N–H and O–H groups in total. The Morgan fingerprint density at radius 3 is 2.67 bits per heavy atom. The molecule has 3 nitrogen and oxygen atoms in total. The zero-order valence-corrected chi connectivity index (χ0v) is 12.2. The number of nitrogens with one attached hydrogen (secondary N) is 1. The van der Waals surface area contributed by atoms with Crippen LogP contribution in [0.4, 0.5) is 13.2 Å². The van der Waals surface area contributed by atoms with Crippen LogP contribution in [0.15, 0.2) is 24.3 Å². The van der Waals surface area contributed by atoms with E-state index in [1.165, 1.54) is 0 Å². The molecule has 0 aliphatic carbocycles. The maximum atomic E-state index is 12.3. The maximum Gasteiger partial charge on any atom is 0.390 e. The van der Waals surface area contributed by atoms with Gasteiger partial charge in [-0.15, -0.1) is 0 Å². The normalized spacial score (nSPS) is 13.8. The van der Waals surface area contributed by atoms with Crippen molar-refractivity contribution in [2.75, 3.05) is 0 Å². The van der Waals surface area contributed by atoms with Crippen molar-refractivity contribution >= 4 is 11.0 Å². The van der Waals surface area contributed by atoms with Crippen molar-refractivity contribution in [3.05, 3.63) is 30.1 Å². The molecule has 2 rings (SSSR count). The van der Waals surface area contributed by atoms with Crippen LogP contribution in [0.25, 0.3) is 11.0 Å². The van der Waals surface area contributed by atoms with Gasteiger partial charge in [-0.1, -0.05) is 19.1 Å². The number of aryl methyl sites for hydroxylation is 1.